The lowest BCUT2D eigenvalue weighted by Crippen LogP contribution is -2.47. The molecular weight excluding hydrogens is 626 g/mol. The van der Waals surface area contributed by atoms with Crippen molar-refractivity contribution in [3.05, 3.63) is 100.0 Å². The third-order valence-corrected chi connectivity index (χ3v) is 9.13. The molecule has 0 aliphatic carbocycles. The highest BCUT2D eigenvalue weighted by molar-refractivity contribution is 6.04. The highest BCUT2D eigenvalue weighted by atomic mass is 16.5. The first-order valence-corrected chi connectivity index (χ1v) is 16.2. The molecule has 0 radical (unpaired) electrons. The predicted octanol–water partition coefficient (Wildman–Crippen LogP) is 5.12. The van der Waals surface area contributed by atoms with Crippen molar-refractivity contribution in [3.8, 4) is 23.0 Å². The Morgan fingerprint density at radius 1 is 0.776 bits per heavy atom. The van der Waals surface area contributed by atoms with E-state index in [1.54, 1.807) is 57.7 Å². The van der Waals surface area contributed by atoms with Gasteiger partial charge in [-0.2, -0.15) is 0 Å². The Morgan fingerprint density at radius 3 is 2.35 bits per heavy atom. The Bertz CT molecular complexity index is 1910. The number of fused-ring (bicyclic) bond motifs is 4. The van der Waals surface area contributed by atoms with Gasteiger partial charge < -0.3 is 44.4 Å². The number of hydrogen-bond acceptors (Lipinski definition) is 8. The molecule has 0 saturated carbocycles. The van der Waals surface area contributed by atoms with Crippen molar-refractivity contribution in [1.29, 1.82) is 0 Å². The summed E-state index contributed by atoms with van der Waals surface area (Å²) in [6.45, 7) is 2.41. The standard InChI is InChI=1S/C37H41N5O7/c1-46-27-10-11-28(33(19-27)48-3)39-37(45)40-29-18-25(36(44)38-15-14-23-8-13-32(47-2)34(17-23)49-4)9-12-31(29)41-20-24-16-26(22-41)30-6-5-7-35(43)42(30)21-24/h5-13,17-19,24,26H,14-16,20-22H2,1-4H3,(H,38,44)(H2,39,40,45)/t24-,26+/m1/s1. The monoisotopic (exact) mass is 667 g/mol. The van der Waals surface area contributed by atoms with Crippen LogP contribution in [-0.4, -0.2) is 64.6 Å². The van der Waals surface area contributed by atoms with Gasteiger partial charge >= 0.3 is 6.03 Å². The van der Waals surface area contributed by atoms with Gasteiger partial charge in [-0.3, -0.25) is 9.59 Å². The van der Waals surface area contributed by atoms with E-state index in [0.717, 1.165) is 23.4 Å². The molecule has 2 bridgehead atoms. The largest absolute Gasteiger partial charge is 0.497 e. The lowest BCUT2D eigenvalue weighted by atomic mass is 9.83. The van der Waals surface area contributed by atoms with Crippen LogP contribution in [0.5, 0.6) is 23.0 Å². The SMILES string of the molecule is COc1ccc(NC(=O)Nc2cc(C(=O)NCCc3ccc(OC)c(OC)c3)ccc2N2C[C@H]3C[C@@H](C2)c2cccc(=O)n2C3)c(OC)c1. The summed E-state index contributed by atoms with van der Waals surface area (Å²) in [4.78, 5) is 41.7. The maximum Gasteiger partial charge on any atom is 0.323 e. The van der Waals surface area contributed by atoms with Gasteiger partial charge in [-0.05, 0) is 72.9 Å². The van der Waals surface area contributed by atoms with E-state index in [1.807, 2.05) is 41.0 Å². The van der Waals surface area contributed by atoms with Crippen molar-refractivity contribution in [2.75, 3.05) is 63.6 Å². The number of piperidine rings is 1. The minimum Gasteiger partial charge on any atom is -0.497 e. The van der Waals surface area contributed by atoms with E-state index in [0.29, 0.717) is 72.5 Å². The zero-order valence-corrected chi connectivity index (χ0v) is 28.1. The predicted molar refractivity (Wildman–Crippen MR) is 188 cm³/mol. The smallest absolute Gasteiger partial charge is 0.323 e. The zero-order chi connectivity index (χ0) is 34.5. The van der Waals surface area contributed by atoms with Crippen LogP contribution in [0.15, 0.2) is 77.6 Å². The van der Waals surface area contributed by atoms with Crippen molar-refractivity contribution in [3.63, 3.8) is 0 Å². The molecule has 0 unspecified atom stereocenters. The second-order valence-corrected chi connectivity index (χ2v) is 12.2. The first-order valence-electron chi connectivity index (χ1n) is 16.2. The number of nitrogens with one attached hydrogen (secondary N) is 3. The molecule has 2 aliphatic heterocycles. The Morgan fingerprint density at radius 2 is 1.57 bits per heavy atom. The molecule has 1 aromatic heterocycles. The minimum atomic E-state index is -0.496. The van der Waals surface area contributed by atoms with Gasteiger partial charge in [0.2, 0.25) is 0 Å². The van der Waals surface area contributed by atoms with E-state index < -0.39 is 6.03 Å². The third kappa shape index (κ3) is 7.28. The van der Waals surface area contributed by atoms with Crippen LogP contribution in [0.25, 0.3) is 0 Å². The van der Waals surface area contributed by atoms with Gasteiger partial charge in [-0.25, -0.2) is 4.79 Å². The maximum atomic E-state index is 13.5. The molecule has 6 rings (SSSR count). The first-order chi connectivity index (χ1) is 23.8. The molecule has 256 valence electrons. The molecule has 3 amide bonds. The Hall–Kier alpha value is -5.65. The quantitative estimate of drug-likeness (QED) is 0.201. The van der Waals surface area contributed by atoms with Crippen LogP contribution in [0.3, 0.4) is 0 Å². The highest BCUT2D eigenvalue weighted by Gasteiger charge is 2.35. The number of ether oxygens (including phenoxy) is 4. The number of methoxy groups -OCH3 is 4. The topological polar surface area (TPSA) is 132 Å². The molecule has 49 heavy (non-hydrogen) atoms. The summed E-state index contributed by atoms with van der Waals surface area (Å²) in [5.41, 5.74) is 4.18. The fourth-order valence-corrected chi connectivity index (χ4v) is 6.78. The molecule has 3 heterocycles. The third-order valence-electron chi connectivity index (χ3n) is 9.13. The van der Waals surface area contributed by atoms with Gasteiger partial charge in [-0.1, -0.05) is 12.1 Å². The summed E-state index contributed by atoms with van der Waals surface area (Å²) >= 11 is 0. The van der Waals surface area contributed by atoms with Crippen LogP contribution in [0, 0.1) is 5.92 Å². The molecule has 12 nitrogen and oxygen atoms in total. The summed E-state index contributed by atoms with van der Waals surface area (Å²) < 4.78 is 23.4. The molecule has 12 heteroatoms. The molecule has 3 aromatic carbocycles. The molecule has 3 N–H and O–H groups in total. The Labute approximate surface area is 284 Å². The Balaban J connectivity index is 1.23. The van der Waals surface area contributed by atoms with Gasteiger partial charge in [0.15, 0.2) is 11.5 Å². The van der Waals surface area contributed by atoms with E-state index in [4.69, 9.17) is 18.9 Å². The summed E-state index contributed by atoms with van der Waals surface area (Å²) in [5.74, 6) is 2.45. The van der Waals surface area contributed by atoms with Gasteiger partial charge in [-0.15, -0.1) is 0 Å². The molecule has 0 spiro atoms. The average Bonchev–Trinajstić information content (AvgIpc) is 3.12. The van der Waals surface area contributed by atoms with Gasteiger partial charge in [0.05, 0.1) is 45.5 Å². The van der Waals surface area contributed by atoms with E-state index in [2.05, 4.69) is 20.9 Å². The van der Waals surface area contributed by atoms with E-state index in [9.17, 15) is 14.4 Å². The van der Waals surface area contributed by atoms with E-state index >= 15 is 0 Å². The number of pyridine rings is 1. The summed E-state index contributed by atoms with van der Waals surface area (Å²) in [6.07, 6.45) is 1.57. The number of anilines is 3. The van der Waals surface area contributed by atoms with Crippen molar-refractivity contribution in [2.45, 2.75) is 25.3 Å². The first kappa shape index (κ1) is 33.3. The number of carbonyl (C=O) groups excluding carboxylic acids is 2. The van der Waals surface area contributed by atoms with Crippen molar-refractivity contribution in [2.24, 2.45) is 5.92 Å². The fraction of sp³-hybridized carbons (Fsp3) is 0.324. The van der Waals surface area contributed by atoms with E-state index in [1.165, 1.54) is 7.11 Å². The number of amides is 3. The zero-order valence-electron chi connectivity index (χ0n) is 28.1. The average molecular weight is 668 g/mol. The number of urea groups is 1. The molecule has 1 saturated heterocycles. The van der Waals surface area contributed by atoms with E-state index in [-0.39, 0.29) is 23.3 Å². The van der Waals surface area contributed by atoms with Crippen molar-refractivity contribution in [1.82, 2.24) is 9.88 Å². The second kappa shape index (κ2) is 14.6. The highest BCUT2D eigenvalue weighted by Crippen LogP contribution is 2.39. The summed E-state index contributed by atoms with van der Waals surface area (Å²) in [5, 5.41) is 8.85. The maximum absolute atomic E-state index is 13.5. The number of aromatic nitrogens is 1. The molecule has 4 aromatic rings. The van der Waals surface area contributed by atoms with Crippen LogP contribution in [0.1, 0.15) is 34.0 Å². The fourth-order valence-electron chi connectivity index (χ4n) is 6.78. The van der Waals surface area contributed by atoms with Crippen molar-refractivity contribution < 1.29 is 28.5 Å². The number of nitrogens with zero attached hydrogens (tertiary/aromatic N) is 2. The second-order valence-electron chi connectivity index (χ2n) is 12.2. The van der Waals surface area contributed by atoms with Crippen molar-refractivity contribution >= 4 is 29.0 Å². The lowest BCUT2D eigenvalue weighted by Gasteiger charge is -2.44. The number of hydrogen-bond donors (Lipinski definition) is 3. The summed E-state index contributed by atoms with van der Waals surface area (Å²) in [7, 11) is 6.25. The number of rotatable bonds is 11. The Kier molecular flexibility index (Phi) is 9.93. The van der Waals surface area contributed by atoms with Crippen LogP contribution < -0.4 is 45.4 Å². The molecule has 1 fully saturated rings. The molecular formula is C37H41N5O7. The minimum absolute atomic E-state index is 0.0233. The number of carbonyl (C=O) groups is 2. The van der Waals surface area contributed by atoms with Crippen LogP contribution in [0.4, 0.5) is 21.9 Å². The van der Waals surface area contributed by atoms with Crippen LogP contribution in [-0.2, 0) is 13.0 Å². The number of benzene rings is 3. The normalized spacial score (nSPS) is 16.2. The van der Waals surface area contributed by atoms with Gasteiger partial charge in [0.25, 0.3) is 11.5 Å². The lowest BCUT2D eigenvalue weighted by molar-refractivity contribution is 0.0954. The van der Waals surface area contributed by atoms with Crippen LogP contribution in [0.2, 0.25) is 0 Å². The van der Waals surface area contributed by atoms with Gasteiger partial charge in [0.1, 0.15) is 11.5 Å². The molecule has 2 atom stereocenters. The van der Waals surface area contributed by atoms with Crippen LogP contribution >= 0.6 is 0 Å². The molecule has 2 aliphatic rings. The van der Waals surface area contributed by atoms with Gasteiger partial charge in [0, 0.05) is 55.5 Å². The summed E-state index contributed by atoms with van der Waals surface area (Å²) in [6, 6.07) is 21.1.